The van der Waals surface area contributed by atoms with Gasteiger partial charge in [0.15, 0.2) is 12.1 Å². The SMILES string of the molecule is CCCCCCCCCCC/C=C/CCCCCCCCCC(=O)OC(COCCC(C(=O)O)[N+](C)(C)C)COC(=O)CCCCCCCCC/C=C/CCCCCCCCCCCCCC. The number of carboxylic acids is 1. The molecule has 8 nitrogen and oxygen atoms in total. The van der Waals surface area contributed by atoms with Gasteiger partial charge in [0.1, 0.15) is 6.61 Å². The summed E-state index contributed by atoms with van der Waals surface area (Å²) in [5, 5.41) is 9.67. The van der Waals surface area contributed by atoms with E-state index in [1.54, 1.807) is 0 Å². The maximum absolute atomic E-state index is 12.8. The van der Waals surface area contributed by atoms with Crippen molar-refractivity contribution in [2.24, 2.45) is 0 Å². The summed E-state index contributed by atoms with van der Waals surface area (Å²) in [5.74, 6) is -1.46. The Balaban J connectivity index is 4.16. The molecule has 0 aromatic carbocycles. The zero-order valence-corrected chi connectivity index (χ0v) is 45.1. The van der Waals surface area contributed by atoms with Gasteiger partial charge in [-0.1, -0.05) is 224 Å². The van der Waals surface area contributed by atoms with Crippen molar-refractivity contribution in [1.29, 1.82) is 0 Å². The number of esters is 2. The Kier molecular flexibility index (Phi) is 48.6. The van der Waals surface area contributed by atoms with Gasteiger partial charge < -0.3 is 23.8 Å². The molecule has 2 atom stereocenters. The van der Waals surface area contributed by atoms with E-state index in [0.29, 0.717) is 19.3 Å². The van der Waals surface area contributed by atoms with Crippen LogP contribution in [0.1, 0.15) is 284 Å². The molecule has 0 aromatic rings. The van der Waals surface area contributed by atoms with Gasteiger partial charge >= 0.3 is 17.9 Å². The molecule has 0 amide bonds. The van der Waals surface area contributed by atoms with Crippen LogP contribution in [0.5, 0.6) is 0 Å². The standard InChI is InChI=1S/C59H111NO7/c1-6-8-10-12-14-16-18-20-22-24-26-28-29-30-32-33-35-37-39-41-43-45-47-49-57(61)66-54-55(53-65-52-51-56(59(63)64)60(3,4)5)67-58(62)50-48-46-44-42-40-38-36-34-31-27-25-23-21-19-17-15-13-11-9-7-2/h27,30-32,55-56H,6-26,28-29,33-54H2,1-5H3/p+1/b31-27+,32-30+. The van der Waals surface area contributed by atoms with Gasteiger partial charge in [-0.3, -0.25) is 9.59 Å². The first kappa shape index (κ1) is 64.8. The molecule has 0 fully saturated rings. The summed E-state index contributed by atoms with van der Waals surface area (Å²) in [4.78, 5) is 37.3. The van der Waals surface area contributed by atoms with Gasteiger partial charge in [0.05, 0.1) is 34.4 Å². The van der Waals surface area contributed by atoms with E-state index in [2.05, 4.69) is 38.2 Å². The zero-order valence-electron chi connectivity index (χ0n) is 45.1. The Bertz CT molecular complexity index is 1150. The van der Waals surface area contributed by atoms with Crippen LogP contribution in [-0.2, 0) is 28.6 Å². The number of likely N-dealkylation sites (N-methyl/N-ethyl adjacent to an activating group) is 1. The van der Waals surface area contributed by atoms with Gasteiger partial charge in [-0.05, 0) is 64.2 Å². The lowest BCUT2D eigenvalue weighted by atomic mass is 10.0. The minimum Gasteiger partial charge on any atom is -0.477 e. The Morgan fingerprint density at radius 1 is 0.433 bits per heavy atom. The summed E-state index contributed by atoms with van der Waals surface area (Å²) < 4.78 is 17.4. The van der Waals surface area contributed by atoms with Crippen molar-refractivity contribution in [2.75, 3.05) is 41.0 Å². The lowest BCUT2D eigenvalue weighted by Gasteiger charge is -2.31. The van der Waals surface area contributed by atoms with Crippen molar-refractivity contribution < 1.29 is 38.2 Å². The number of unbranched alkanes of at least 4 members (excludes halogenated alkanes) is 35. The molecule has 67 heavy (non-hydrogen) atoms. The maximum atomic E-state index is 12.8. The average Bonchev–Trinajstić information content (AvgIpc) is 3.29. The van der Waals surface area contributed by atoms with Crippen molar-refractivity contribution in [3.05, 3.63) is 24.3 Å². The zero-order chi connectivity index (χ0) is 49.2. The molecular formula is C59H112NO7+. The molecule has 8 heteroatoms. The van der Waals surface area contributed by atoms with Crippen molar-refractivity contribution in [1.82, 2.24) is 0 Å². The van der Waals surface area contributed by atoms with E-state index in [9.17, 15) is 19.5 Å². The summed E-state index contributed by atoms with van der Waals surface area (Å²) in [6.07, 6.45) is 59.6. The van der Waals surface area contributed by atoms with Crippen molar-refractivity contribution in [3.63, 3.8) is 0 Å². The van der Waals surface area contributed by atoms with Crippen LogP contribution in [0.2, 0.25) is 0 Å². The van der Waals surface area contributed by atoms with Crippen molar-refractivity contribution >= 4 is 17.9 Å². The van der Waals surface area contributed by atoms with E-state index in [1.165, 1.54) is 212 Å². The van der Waals surface area contributed by atoms with Gasteiger partial charge in [0.2, 0.25) is 0 Å². The number of carbonyl (C=O) groups excluding carboxylic acids is 2. The van der Waals surface area contributed by atoms with Crippen molar-refractivity contribution in [2.45, 2.75) is 296 Å². The quantitative estimate of drug-likeness (QED) is 0.0281. The summed E-state index contributed by atoms with van der Waals surface area (Å²) in [5.41, 5.74) is 0. The highest BCUT2D eigenvalue weighted by Gasteiger charge is 2.31. The molecule has 394 valence electrons. The predicted octanol–water partition coefficient (Wildman–Crippen LogP) is 17.2. The fraction of sp³-hybridized carbons (Fsp3) is 0.881. The van der Waals surface area contributed by atoms with Gasteiger partial charge in [-0.15, -0.1) is 0 Å². The molecule has 0 saturated carbocycles. The fourth-order valence-corrected chi connectivity index (χ4v) is 8.85. The number of quaternary nitrogens is 1. The van der Waals surface area contributed by atoms with E-state index in [4.69, 9.17) is 14.2 Å². The second-order valence-electron chi connectivity index (χ2n) is 20.9. The molecular weight excluding hydrogens is 835 g/mol. The highest BCUT2D eigenvalue weighted by atomic mass is 16.6. The molecule has 2 unspecified atom stereocenters. The Morgan fingerprint density at radius 3 is 1.07 bits per heavy atom. The summed E-state index contributed by atoms with van der Waals surface area (Å²) in [6.45, 7) is 4.78. The molecule has 0 heterocycles. The van der Waals surface area contributed by atoms with E-state index >= 15 is 0 Å². The van der Waals surface area contributed by atoms with Crippen molar-refractivity contribution in [3.8, 4) is 0 Å². The Labute approximate surface area is 415 Å². The third-order valence-electron chi connectivity index (χ3n) is 13.3. The topological polar surface area (TPSA) is 99.1 Å². The number of rotatable bonds is 53. The van der Waals surface area contributed by atoms with Crippen LogP contribution in [0.4, 0.5) is 0 Å². The van der Waals surface area contributed by atoms with Crippen LogP contribution < -0.4 is 0 Å². The van der Waals surface area contributed by atoms with Crippen LogP contribution in [0, 0.1) is 0 Å². The molecule has 0 bridgehead atoms. The molecule has 0 aliphatic carbocycles. The van der Waals surface area contributed by atoms with E-state index in [-0.39, 0.29) is 36.2 Å². The van der Waals surface area contributed by atoms with Gasteiger partial charge in [0, 0.05) is 19.3 Å². The Hall–Kier alpha value is -2.19. The van der Waals surface area contributed by atoms with Crippen LogP contribution >= 0.6 is 0 Å². The molecule has 0 radical (unpaired) electrons. The minimum atomic E-state index is -0.872. The number of allylic oxidation sites excluding steroid dienone is 4. The van der Waals surface area contributed by atoms with E-state index in [1.807, 2.05) is 21.1 Å². The number of hydrogen-bond donors (Lipinski definition) is 1. The number of nitrogens with zero attached hydrogens (tertiary/aromatic N) is 1. The number of aliphatic carboxylic acids is 1. The molecule has 0 rings (SSSR count). The third-order valence-corrected chi connectivity index (χ3v) is 13.3. The third kappa shape index (κ3) is 48.6. The van der Waals surface area contributed by atoms with Crippen LogP contribution in [0.3, 0.4) is 0 Å². The van der Waals surface area contributed by atoms with Gasteiger partial charge in [-0.2, -0.15) is 0 Å². The van der Waals surface area contributed by atoms with Gasteiger partial charge in [-0.25, -0.2) is 4.79 Å². The smallest absolute Gasteiger partial charge is 0.362 e. The number of hydrogen-bond acceptors (Lipinski definition) is 6. The number of carboxylic acid groups (broad SMARTS) is 1. The largest absolute Gasteiger partial charge is 0.477 e. The van der Waals surface area contributed by atoms with Crippen LogP contribution in [0.15, 0.2) is 24.3 Å². The fourth-order valence-electron chi connectivity index (χ4n) is 8.85. The average molecular weight is 948 g/mol. The molecule has 0 saturated heterocycles. The second kappa shape index (κ2) is 50.2. The Morgan fingerprint density at radius 2 is 0.746 bits per heavy atom. The first-order chi connectivity index (χ1) is 32.6. The molecule has 1 N–H and O–H groups in total. The number of ether oxygens (including phenoxy) is 3. The maximum Gasteiger partial charge on any atom is 0.362 e. The lowest BCUT2D eigenvalue weighted by molar-refractivity contribution is -0.887. The second-order valence-corrected chi connectivity index (χ2v) is 20.9. The normalized spacial score (nSPS) is 12.9. The molecule has 0 aliphatic rings. The first-order valence-electron chi connectivity index (χ1n) is 28.9. The number of carbonyl (C=O) groups is 3. The van der Waals surface area contributed by atoms with E-state index in [0.717, 1.165) is 38.5 Å². The van der Waals surface area contributed by atoms with Crippen LogP contribution in [-0.4, -0.2) is 80.6 Å². The minimum absolute atomic E-state index is 0.0511. The monoisotopic (exact) mass is 947 g/mol. The predicted molar refractivity (Wildman–Crippen MR) is 285 cm³/mol. The summed E-state index contributed by atoms with van der Waals surface area (Å²) in [7, 11) is 5.55. The molecule has 0 aliphatic heterocycles. The summed E-state index contributed by atoms with van der Waals surface area (Å²) in [6, 6.07) is -0.615. The highest BCUT2D eigenvalue weighted by molar-refractivity contribution is 5.72. The van der Waals surface area contributed by atoms with Crippen LogP contribution in [0.25, 0.3) is 0 Å². The molecule has 0 aromatic heterocycles. The lowest BCUT2D eigenvalue weighted by Crippen LogP contribution is -2.50. The van der Waals surface area contributed by atoms with Gasteiger partial charge in [0.25, 0.3) is 0 Å². The highest BCUT2D eigenvalue weighted by Crippen LogP contribution is 2.16. The van der Waals surface area contributed by atoms with E-state index < -0.39 is 18.1 Å². The first-order valence-corrected chi connectivity index (χ1v) is 28.9. The summed E-state index contributed by atoms with van der Waals surface area (Å²) >= 11 is 0. The molecule has 0 spiro atoms.